The molecule has 1 saturated heterocycles. The van der Waals surface area contributed by atoms with Crippen LogP contribution < -0.4 is 5.73 Å². The predicted molar refractivity (Wildman–Crippen MR) is 108 cm³/mol. The number of carbonyl (C=O) groups is 2. The van der Waals surface area contributed by atoms with Crippen LogP contribution in [0.15, 0.2) is 23.4 Å². The normalized spacial score (nSPS) is 23.7. The smallest absolute Gasteiger partial charge is 0.269 e. The van der Waals surface area contributed by atoms with Crippen molar-refractivity contribution in [1.29, 1.82) is 0 Å². The van der Waals surface area contributed by atoms with Gasteiger partial charge in [0, 0.05) is 11.2 Å². The summed E-state index contributed by atoms with van der Waals surface area (Å²) in [6.45, 7) is 5.73. The Labute approximate surface area is 170 Å². The number of aliphatic hydroxyl groups excluding tert-OH is 1. The second kappa shape index (κ2) is 8.63. The third-order valence-electron chi connectivity index (χ3n) is 4.43. The molecule has 0 radical (unpaired) electrons. The van der Waals surface area contributed by atoms with Gasteiger partial charge in [0.15, 0.2) is 0 Å². The Morgan fingerprint density at radius 3 is 2.65 bits per heavy atom. The van der Waals surface area contributed by atoms with Gasteiger partial charge in [0.1, 0.15) is 17.1 Å². The monoisotopic (exact) mass is 424 g/mol. The lowest BCUT2D eigenvalue weighted by Gasteiger charge is -2.48. The van der Waals surface area contributed by atoms with Crippen LogP contribution in [0, 0.1) is 5.41 Å². The van der Waals surface area contributed by atoms with Crippen molar-refractivity contribution >= 4 is 46.9 Å². The van der Waals surface area contributed by atoms with Crippen LogP contribution in [0.1, 0.15) is 13.8 Å². The summed E-state index contributed by atoms with van der Waals surface area (Å²) >= 11 is 7.27. The van der Waals surface area contributed by atoms with E-state index in [0.717, 1.165) is 18.7 Å². The number of amides is 1. The summed E-state index contributed by atoms with van der Waals surface area (Å²) < 4.78 is 0.699. The summed E-state index contributed by atoms with van der Waals surface area (Å²) in [5, 5.41) is 8.63. The third-order valence-corrected chi connectivity index (χ3v) is 5.93. The van der Waals surface area contributed by atoms with Crippen LogP contribution in [-0.2, 0) is 9.59 Å². The van der Waals surface area contributed by atoms with E-state index in [4.69, 9.17) is 17.3 Å². The molecule has 26 heavy (non-hydrogen) atoms. The number of rotatable bonds is 7. The highest BCUT2D eigenvalue weighted by atomic mass is 35.5. The summed E-state index contributed by atoms with van der Waals surface area (Å²) in [5.41, 5.74) is 6.63. The molecule has 0 aromatic rings. The molecule has 0 bridgehead atoms. The van der Waals surface area contributed by atoms with Crippen LogP contribution >= 0.6 is 35.8 Å². The van der Waals surface area contributed by atoms with E-state index in [1.165, 1.54) is 4.90 Å². The second-order valence-electron chi connectivity index (χ2n) is 8.08. The SMILES string of the molecule is CC(C)(CO)C[N+](C)(C)C/C=C/C1=C(C(=O)Cl)N2C(=O)[C@@H](N)[C@H]2SC1.Cl. The average molecular weight is 425 g/mol. The molecule has 0 spiro atoms. The van der Waals surface area contributed by atoms with Gasteiger partial charge in [-0.25, -0.2) is 0 Å². The molecular formula is C17H28Cl2N3O3S+. The highest BCUT2D eigenvalue weighted by Gasteiger charge is 2.51. The lowest BCUT2D eigenvalue weighted by Crippen LogP contribution is -2.68. The van der Waals surface area contributed by atoms with Crippen LogP contribution in [0.3, 0.4) is 0 Å². The van der Waals surface area contributed by atoms with Crippen molar-refractivity contribution < 1.29 is 19.2 Å². The van der Waals surface area contributed by atoms with Gasteiger partial charge in [-0.15, -0.1) is 24.2 Å². The first-order chi connectivity index (χ1) is 11.5. The molecular weight excluding hydrogens is 397 g/mol. The first kappa shape index (κ1) is 23.5. The van der Waals surface area contributed by atoms with Crippen molar-refractivity contribution in [2.75, 3.05) is 39.5 Å². The van der Waals surface area contributed by atoms with Crippen molar-refractivity contribution in [1.82, 2.24) is 4.90 Å². The molecule has 0 aromatic carbocycles. The number of hydrogen-bond acceptors (Lipinski definition) is 5. The first-order valence-electron chi connectivity index (χ1n) is 8.22. The van der Waals surface area contributed by atoms with Crippen molar-refractivity contribution in [3.8, 4) is 0 Å². The van der Waals surface area contributed by atoms with E-state index < -0.39 is 11.3 Å². The Balaban J connectivity index is 0.00000338. The van der Waals surface area contributed by atoms with Gasteiger partial charge >= 0.3 is 0 Å². The van der Waals surface area contributed by atoms with E-state index in [-0.39, 0.29) is 41.4 Å². The number of nitrogens with two attached hydrogens (primary N) is 1. The van der Waals surface area contributed by atoms with Gasteiger partial charge in [-0.05, 0) is 23.3 Å². The van der Waals surface area contributed by atoms with Crippen LogP contribution in [-0.4, -0.2) is 76.6 Å². The number of β-lactam (4-membered cyclic amide) rings is 1. The number of aliphatic hydroxyl groups is 1. The van der Waals surface area contributed by atoms with Gasteiger partial charge in [-0.2, -0.15) is 0 Å². The Kier molecular flexibility index (Phi) is 7.79. The van der Waals surface area contributed by atoms with Gasteiger partial charge in [-0.3, -0.25) is 14.5 Å². The molecule has 0 saturated carbocycles. The van der Waals surface area contributed by atoms with Crippen LogP contribution in [0.25, 0.3) is 0 Å². The molecule has 6 nitrogen and oxygen atoms in total. The fourth-order valence-corrected chi connectivity index (χ4v) is 4.88. The van der Waals surface area contributed by atoms with E-state index in [2.05, 4.69) is 14.1 Å². The molecule has 2 atom stereocenters. The van der Waals surface area contributed by atoms with Crippen LogP contribution in [0.2, 0.25) is 0 Å². The molecule has 1 fully saturated rings. The summed E-state index contributed by atoms with van der Waals surface area (Å²) in [6, 6.07) is -0.558. The van der Waals surface area contributed by atoms with Crippen molar-refractivity contribution in [2.45, 2.75) is 25.3 Å². The maximum absolute atomic E-state index is 12.0. The molecule has 9 heteroatoms. The Morgan fingerprint density at radius 1 is 1.50 bits per heavy atom. The maximum Gasteiger partial charge on any atom is 0.269 e. The first-order valence-corrected chi connectivity index (χ1v) is 9.64. The predicted octanol–water partition coefficient (Wildman–Crippen LogP) is 1.32. The van der Waals surface area contributed by atoms with E-state index in [1.807, 2.05) is 26.0 Å². The fourth-order valence-electron chi connectivity index (χ4n) is 3.40. The quantitative estimate of drug-likeness (QED) is 0.365. The number of nitrogens with zero attached hydrogens (tertiary/aromatic N) is 2. The minimum Gasteiger partial charge on any atom is -0.396 e. The molecule has 2 aliphatic heterocycles. The van der Waals surface area contributed by atoms with E-state index >= 15 is 0 Å². The van der Waals surface area contributed by atoms with Crippen molar-refractivity contribution in [3.05, 3.63) is 23.4 Å². The second-order valence-corrected chi connectivity index (χ2v) is 9.53. The molecule has 2 rings (SSSR count). The fraction of sp³-hybridized carbons (Fsp3) is 0.647. The molecule has 0 aliphatic carbocycles. The van der Waals surface area contributed by atoms with Gasteiger partial charge in [0.2, 0.25) is 5.91 Å². The number of quaternary nitrogens is 1. The standard InChI is InChI=1S/C17H27ClN3O3S.ClH/c1-17(2,10-22)9-21(3,4)7-5-6-11-8-25-16-12(19)15(24)20(16)13(11)14(18)23;/h5-6,12,16,22H,7-10,19H2,1-4H3;1H/q+1;/b6-5+;/t12-,16-;/m1./s1. The summed E-state index contributed by atoms with van der Waals surface area (Å²) in [5.74, 6) is 0.343. The Bertz CT molecular complexity index is 635. The van der Waals surface area contributed by atoms with Crippen molar-refractivity contribution in [2.24, 2.45) is 11.1 Å². The number of carbonyl (C=O) groups excluding carboxylic acids is 2. The van der Waals surface area contributed by atoms with E-state index in [0.29, 0.717) is 10.2 Å². The van der Waals surface area contributed by atoms with Crippen LogP contribution in [0.4, 0.5) is 0 Å². The number of allylic oxidation sites excluding steroid dienone is 2. The number of likely N-dealkylation sites (N-methyl/N-ethyl adjacent to an activating group) is 1. The highest BCUT2D eigenvalue weighted by molar-refractivity contribution is 8.00. The molecule has 3 N–H and O–H groups in total. The Morgan fingerprint density at radius 2 is 2.12 bits per heavy atom. The summed E-state index contributed by atoms with van der Waals surface area (Å²) in [6.07, 6.45) is 3.87. The molecule has 0 aromatic heterocycles. The van der Waals surface area contributed by atoms with Crippen molar-refractivity contribution in [3.63, 3.8) is 0 Å². The zero-order chi connectivity index (χ0) is 19.0. The lowest BCUT2D eigenvalue weighted by molar-refractivity contribution is -0.890. The van der Waals surface area contributed by atoms with Crippen LogP contribution in [0.5, 0.6) is 0 Å². The number of hydrogen-bond donors (Lipinski definition) is 2. The molecule has 2 aliphatic rings. The van der Waals surface area contributed by atoms with E-state index in [1.54, 1.807) is 11.8 Å². The third kappa shape index (κ3) is 5.03. The largest absolute Gasteiger partial charge is 0.396 e. The van der Waals surface area contributed by atoms with Gasteiger partial charge in [-0.1, -0.05) is 19.9 Å². The molecule has 1 amide bonds. The zero-order valence-corrected chi connectivity index (χ0v) is 18.0. The minimum absolute atomic E-state index is 0. The van der Waals surface area contributed by atoms with Gasteiger partial charge in [0.25, 0.3) is 5.24 Å². The Hall–Kier alpha value is -0.570. The summed E-state index contributed by atoms with van der Waals surface area (Å²) in [7, 11) is 4.18. The highest BCUT2D eigenvalue weighted by Crippen LogP contribution is 2.40. The number of halogens is 2. The molecule has 148 valence electrons. The molecule has 0 unspecified atom stereocenters. The number of thioether (sulfide) groups is 1. The lowest BCUT2D eigenvalue weighted by atomic mass is 9.93. The van der Waals surface area contributed by atoms with Gasteiger partial charge in [0.05, 0.1) is 33.8 Å². The average Bonchev–Trinajstić information content (AvgIpc) is 2.52. The summed E-state index contributed by atoms with van der Waals surface area (Å²) in [4.78, 5) is 25.2. The van der Waals surface area contributed by atoms with Gasteiger partial charge < -0.3 is 15.3 Å². The minimum atomic E-state index is -0.625. The van der Waals surface area contributed by atoms with E-state index in [9.17, 15) is 14.7 Å². The zero-order valence-electron chi connectivity index (χ0n) is 15.6. The topological polar surface area (TPSA) is 83.6 Å². The molecule has 2 heterocycles. The number of fused-ring (bicyclic) bond motifs is 1. The maximum atomic E-state index is 12.0.